The molecule has 0 N–H and O–H groups in total. The number of rotatable bonds is 0. The molecule has 0 radical (unpaired) electrons. The van der Waals surface area contributed by atoms with Gasteiger partial charge >= 0.3 is 0 Å². The van der Waals surface area contributed by atoms with Gasteiger partial charge in [0.2, 0.25) is 5.91 Å². The zero-order chi connectivity index (χ0) is 10.3. The van der Waals surface area contributed by atoms with Gasteiger partial charge in [-0.1, -0.05) is 20.8 Å². The molecule has 3 rings (SSSR count). The number of nitrogens with zero attached hydrogens (tertiary/aromatic N) is 1. The number of carbonyl (C=O) groups is 1. The Labute approximate surface area is 85.4 Å². The molecule has 3 fully saturated rings. The van der Waals surface area contributed by atoms with Crippen LogP contribution in [0.4, 0.5) is 0 Å². The zero-order valence-electron chi connectivity index (χ0n) is 9.25. The van der Waals surface area contributed by atoms with E-state index in [0.717, 1.165) is 26.0 Å². The third-order valence-corrected chi connectivity index (χ3v) is 3.09. The highest BCUT2D eigenvalue weighted by molar-refractivity contribution is 5.82. The van der Waals surface area contributed by atoms with E-state index < -0.39 is 0 Å². The molecule has 3 saturated heterocycles. The lowest BCUT2D eigenvalue weighted by molar-refractivity contribution is -0.162. The maximum Gasteiger partial charge on any atom is 0.228 e. The van der Waals surface area contributed by atoms with E-state index in [2.05, 4.69) is 0 Å². The second kappa shape index (κ2) is 3.23. The number of piperidine rings is 1. The quantitative estimate of drug-likeness (QED) is 0.588. The maximum absolute atomic E-state index is 12.1. The topological polar surface area (TPSA) is 29.5 Å². The van der Waals surface area contributed by atoms with Gasteiger partial charge in [0.1, 0.15) is 0 Å². The molecule has 0 unspecified atom stereocenters. The van der Waals surface area contributed by atoms with E-state index in [1.807, 2.05) is 25.7 Å². The maximum atomic E-state index is 12.1. The first-order valence-electron chi connectivity index (χ1n) is 5.41. The highest BCUT2D eigenvalue weighted by Gasteiger charge is 2.40. The summed E-state index contributed by atoms with van der Waals surface area (Å²) in [5.74, 6) is 0.274. The summed E-state index contributed by atoms with van der Waals surface area (Å²) < 4.78 is 5.58. The van der Waals surface area contributed by atoms with Crippen LogP contribution >= 0.6 is 0 Å². The highest BCUT2D eigenvalue weighted by atomic mass is 16.5. The molecule has 2 atom stereocenters. The van der Waals surface area contributed by atoms with Crippen LogP contribution in [0.25, 0.3) is 0 Å². The molecular weight excluding hydrogens is 178 g/mol. The number of hydrogen-bond donors (Lipinski definition) is 0. The number of carbonyl (C=O) groups excluding carboxylic acids is 1. The molecule has 3 heterocycles. The van der Waals surface area contributed by atoms with Crippen molar-refractivity contribution >= 4 is 5.91 Å². The second-order valence-electron chi connectivity index (χ2n) is 5.39. The van der Waals surface area contributed by atoms with Gasteiger partial charge in [-0.3, -0.25) is 4.79 Å². The minimum atomic E-state index is -0.252. The van der Waals surface area contributed by atoms with Crippen molar-refractivity contribution in [1.29, 1.82) is 0 Å². The first kappa shape index (κ1) is 9.97. The lowest BCUT2D eigenvalue weighted by Gasteiger charge is -2.47. The van der Waals surface area contributed by atoms with Crippen molar-refractivity contribution in [2.24, 2.45) is 5.41 Å². The molecule has 3 aliphatic heterocycles. The molecule has 80 valence electrons. The molecule has 3 nitrogen and oxygen atoms in total. The number of ether oxygens (including phenoxy) is 1. The van der Waals surface area contributed by atoms with Gasteiger partial charge in [0.25, 0.3) is 0 Å². The Morgan fingerprint density at radius 1 is 1.36 bits per heavy atom. The molecule has 0 aliphatic carbocycles. The van der Waals surface area contributed by atoms with Crippen molar-refractivity contribution in [2.45, 2.75) is 45.8 Å². The van der Waals surface area contributed by atoms with Crippen molar-refractivity contribution < 1.29 is 9.53 Å². The number of amides is 1. The lowest BCUT2D eigenvalue weighted by atomic mass is 9.90. The van der Waals surface area contributed by atoms with E-state index >= 15 is 0 Å². The molecule has 0 saturated carbocycles. The van der Waals surface area contributed by atoms with Gasteiger partial charge in [-0.15, -0.1) is 0 Å². The van der Waals surface area contributed by atoms with Gasteiger partial charge in [-0.2, -0.15) is 0 Å². The molecule has 1 amide bonds. The number of hydrogen-bond acceptors (Lipinski definition) is 2. The Morgan fingerprint density at radius 2 is 2.07 bits per heavy atom. The molecule has 3 heteroatoms. The molecule has 14 heavy (non-hydrogen) atoms. The standard InChI is InChI=1S/C11H19NO2/c1-11(2,3)10(13)12-6-9-5-4-8(12)7-14-9/h8-9H,4-7H2,1-3H3/t8-,9-/m1/s1. The van der Waals surface area contributed by atoms with E-state index in [1.54, 1.807) is 0 Å². The van der Waals surface area contributed by atoms with Crippen LogP contribution < -0.4 is 0 Å². The molecule has 0 aromatic carbocycles. The van der Waals surface area contributed by atoms with E-state index in [-0.39, 0.29) is 11.3 Å². The van der Waals surface area contributed by atoms with Crippen LogP contribution in [0, 0.1) is 5.41 Å². The third kappa shape index (κ3) is 1.65. The minimum Gasteiger partial charge on any atom is -0.374 e. The van der Waals surface area contributed by atoms with Crippen LogP contribution in [0.3, 0.4) is 0 Å². The smallest absolute Gasteiger partial charge is 0.228 e. The van der Waals surface area contributed by atoms with Gasteiger partial charge in [0.15, 0.2) is 0 Å². The average Bonchev–Trinajstić information content (AvgIpc) is 2.17. The normalized spacial score (nSPS) is 32.1. The second-order valence-corrected chi connectivity index (χ2v) is 5.39. The Morgan fingerprint density at radius 3 is 2.43 bits per heavy atom. The van der Waals surface area contributed by atoms with Gasteiger partial charge in [-0.25, -0.2) is 0 Å². The Bertz CT molecular complexity index is 236. The monoisotopic (exact) mass is 197 g/mol. The number of morpholine rings is 1. The summed E-state index contributed by atoms with van der Waals surface area (Å²) in [6, 6.07) is 0.340. The van der Waals surface area contributed by atoms with Crippen LogP contribution in [0.1, 0.15) is 33.6 Å². The Balaban J connectivity index is 2.09. The van der Waals surface area contributed by atoms with Crippen molar-refractivity contribution in [1.82, 2.24) is 4.90 Å². The van der Waals surface area contributed by atoms with E-state index in [1.165, 1.54) is 0 Å². The third-order valence-electron chi connectivity index (χ3n) is 3.09. The summed E-state index contributed by atoms with van der Waals surface area (Å²) >= 11 is 0. The zero-order valence-corrected chi connectivity index (χ0v) is 9.25. The van der Waals surface area contributed by atoms with E-state index in [0.29, 0.717) is 12.1 Å². The molecule has 2 bridgehead atoms. The Kier molecular flexibility index (Phi) is 2.30. The SMILES string of the molecule is CC(C)(C)C(=O)N1C[C@H]2CC[C@@H]1CO2. The highest BCUT2D eigenvalue weighted by Crippen LogP contribution is 2.30. The predicted octanol–water partition coefficient (Wildman–Crippen LogP) is 1.42. The van der Waals surface area contributed by atoms with Crippen LogP contribution in [0.2, 0.25) is 0 Å². The van der Waals surface area contributed by atoms with Crippen LogP contribution in [-0.4, -0.2) is 36.1 Å². The Hall–Kier alpha value is -0.570. The molecule has 3 aliphatic rings. The van der Waals surface area contributed by atoms with Gasteiger partial charge in [-0.05, 0) is 12.8 Å². The summed E-state index contributed by atoms with van der Waals surface area (Å²) in [4.78, 5) is 14.1. The summed E-state index contributed by atoms with van der Waals surface area (Å²) in [5.41, 5.74) is -0.252. The fraction of sp³-hybridized carbons (Fsp3) is 0.909. The van der Waals surface area contributed by atoms with Crippen molar-refractivity contribution in [3.8, 4) is 0 Å². The van der Waals surface area contributed by atoms with Gasteiger partial charge in [0.05, 0.1) is 18.8 Å². The average molecular weight is 197 g/mol. The molecule has 0 spiro atoms. The fourth-order valence-electron chi connectivity index (χ4n) is 2.23. The van der Waals surface area contributed by atoms with Gasteiger partial charge in [0, 0.05) is 12.0 Å². The summed E-state index contributed by atoms with van der Waals surface area (Å²) in [5, 5.41) is 0. The molecule has 0 aromatic heterocycles. The number of fused-ring (bicyclic) bond motifs is 3. The molecule has 0 aromatic rings. The first-order valence-corrected chi connectivity index (χ1v) is 5.41. The van der Waals surface area contributed by atoms with Crippen LogP contribution in [0.5, 0.6) is 0 Å². The van der Waals surface area contributed by atoms with Gasteiger partial charge < -0.3 is 9.64 Å². The van der Waals surface area contributed by atoms with E-state index in [9.17, 15) is 4.79 Å². The summed E-state index contributed by atoms with van der Waals surface area (Å²) in [6.07, 6.45) is 2.54. The summed E-state index contributed by atoms with van der Waals surface area (Å²) in [7, 11) is 0. The van der Waals surface area contributed by atoms with Crippen LogP contribution in [-0.2, 0) is 9.53 Å². The minimum absolute atomic E-state index is 0.252. The van der Waals surface area contributed by atoms with Crippen molar-refractivity contribution in [2.75, 3.05) is 13.2 Å². The first-order chi connectivity index (χ1) is 6.48. The predicted molar refractivity (Wildman–Crippen MR) is 53.9 cm³/mol. The van der Waals surface area contributed by atoms with Crippen molar-refractivity contribution in [3.05, 3.63) is 0 Å². The fourth-order valence-corrected chi connectivity index (χ4v) is 2.23. The molecular formula is C11H19NO2. The van der Waals surface area contributed by atoms with E-state index in [4.69, 9.17) is 4.74 Å². The largest absolute Gasteiger partial charge is 0.374 e. The van der Waals surface area contributed by atoms with Crippen molar-refractivity contribution in [3.63, 3.8) is 0 Å². The lowest BCUT2D eigenvalue weighted by Crippen LogP contribution is -2.58. The summed E-state index contributed by atoms with van der Waals surface area (Å²) in [6.45, 7) is 7.50. The van der Waals surface area contributed by atoms with Crippen LogP contribution in [0.15, 0.2) is 0 Å².